The standard InChI is InChI=1S/C20H24N4O9/c1-32-11-4-2-10(3-5-11)12-7-24(23-22-12)8-16(28)21-17-13(26)6-15(20(30)31)33-19(17)18(29)14(27)9-25/h2-7,13-14,17-19,25-27,29H,8-9H2,1H3,(H,21,28)(H,30,31)/t13-,14?,17?,18?,19?/m1/s1. The average molecular weight is 464 g/mol. The van der Waals surface area contributed by atoms with Crippen molar-refractivity contribution >= 4 is 11.9 Å². The number of aliphatic hydroxyl groups excluding tert-OH is 4. The third-order valence-corrected chi connectivity index (χ3v) is 4.99. The van der Waals surface area contributed by atoms with Gasteiger partial charge >= 0.3 is 5.97 Å². The number of rotatable bonds is 9. The molecule has 2 heterocycles. The van der Waals surface area contributed by atoms with Gasteiger partial charge < -0.3 is 40.3 Å². The van der Waals surface area contributed by atoms with Crippen molar-refractivity contribution in [3.05, 3.63) is 42.3 Å². The summed E-state index contributed by atoms with van der Waals surface area (Å²) in [6.07, 6.45) is -4.21. The molecule has 1 aliphatic rings. The summed E-state index contributed by atoms with van der Waals surface area (Å²) in [5, 5.41) is 58.9. The molecule has 1 aromatic carbocycles. The second-order valence-electron chi connectivity index (χ2n) is 7.27. The van der Waals surface area contributed by atoms with Gasteiger partial charge in [-0.1, -0.05) is 5.21 Å². The lowest BCUT2D eigenvalue weighted by molar-refractivity contribution is -0.149. The van der Waals surface area contributed by atoms with Gasteiger partial charge in [-0.2, -0.15) is 0 Å². The summed E-state index contributed by atoms with van der Waals surface area (Å²) >= 11 is 0. The molecule has 3 rings (SSSR count). The number of carboxylic acids is 1. The van der Waals surface area contributed by atoms with E-state index in [4.69, 9.17) is 19.7 Å². The van der Waals surface area contributed by atoms with Gasteiger partial charge in [0.2, 0.25) is 11.7 Å². The lowest BCUT2D eigenvalue weighted by Crippen LogP contribution is -2.60. The second kappa shape index (κ2) is 10.4. The van der Waals surface area contributed by atoms with E-state index >= 15 is 0 Å². The molecule has 33 heavy (non-hydrogen) atoms. The van der Waals surface area contributed by atoms with Crippen LogP contribution in [0, 0.1) is 0 Å². The molecule has 0 fully saturated rings. The maximum atomic E-state index is 12.6. The first-order chi connectivity index (χ1) is 15.7. The van der Waals surface area contributed by atoms with Gasteiger partial charge in [-0.3, -0.25) is 4.79 Å². The molecule has 5 atom stereocenters. The minimum absolute atomic E-state index is 0.312. The molecular formula is C20H24N4O9. The van der Waals surface area contributed by atoms with Crippen LogP contribution >= 0.6 is 0 Å². The van der Waals surface area contributed by atoms with Gasteiger partial charge in [0.15, 0.2) is 6.10 Å². The molecule has 0 radical (unpaired) electrons. The number of benzene rings is 1. The largest absolute Gasteiger partial charge is 0.497 e. The molecule has 0 aliphatic carbocycles. The number of carbonyl (C=O) groups excluding carboxylic acids is 1. The number of amides is 1. The zero-order valence-corrected chi connectivity index (χ0v) is 17.5. The normalized spacial score (nSPS) is 22.0. The van der Waals surface area contributed by atoms with E-state index in [1.54, 1.807) is 31.4 Å². The molecule has 0 spiro atoms. The van der Waals surface area contributed by atoms with E-state index in [1.165, 1.54) is 10.9 Å². The average Bonchev–Trinajstić information content (AvgIpc) is 3.27. The Morgan fingerprint density at radius 2 is 1.97 bits per heavy atom. The summed E-state index contributed by atoms with van der Waals surface area (Å²) in [7, 11) is 1.55. The van der Waals surface area contributed by atoms with E-state index in [2.05, 4.69) is 15.6 Å². The molecule has 178 valence electrons. The smallest absolute Gasteiger partial charge is 0.370 e. The van der Waals surface area contributed by atoms with Crippen LogP contribution < -0.4 is 10.1 Å². The molecule has 6 N–H and O–H groups in total. The number of aromatic nitrogens is 3. The number of hydrogen-bond donors (Lipinski definition) is 6. The highest BCUT2D eigenvalue weighted by molar-refractivity contribution is 5.84. The van der Waals surface area contributed by atoms with Gasteiger partial charge in [0.25, 0.3) is 0 Å². The van der Waals surface area contributed by atoms with Crippen molar-refractivity contribution in [2.45, 2.75) is 37.0 Å². The molecule has 2 aromatic rings. The Hall–Kier alpha value is -3.52. The first-order valence-electron chi connectivity index (χ1n) is 9.84. The Morgan fingerprint density at radius 3 is 2.58 bits per heavy atom. The fraction of sp³-hybridized carbons (Fsp3) is 0.400. The second-order valence-corrected chi connectivity index (χ2v) is 7.27. The zero-order chi connectivity index (χ0) is 24.1. The number of ether oxygens (including phenoxy) is 2. The van der Waals surface area contributed by atoms with Gasteiger partial charge in [0, 0.05) is 5.56 Å². The highest BCUT2D eigenvalue weighted by Gasteiger charge is 2.43. The van der Waals surface area contributed by atoms with E-state index in [-0.39, 0.29) is 6.54 Å². The van der Waals surface area contributed by atoms with Crippen molar-refractivity contribution in [2.24, 2.45) is 0 Å². The SMILES string of the molecule is COc1ccc(-c2cn(CC(=O)NC3C(C(O)C(O)CO)OC(C(=O)O)=C[C@H]3O)nn2)cc1. The van der Waals surface area contributed by atoms with E-state index in [9.17, 15) is 24.9 Å². The zero-order valence-electron chi connectivity index (χ0n) is 17.5. The first kappa shape index (κ1) is 24.1. The Kier molecular flexibility index (Phi) is 7.60. The molecule has 13 nitrogen and oxygen atoms in total. The summed E-state index contributed by atoms with van der Waals surface area (Å²) in [5.41, 5.74) is 1.24. The van der Waals surface area contributed by atoms with Crippen LogP contribution in [0.4, 0.5) is 0 Å². The molecular weight excluding hydrogens is 440 g/mol. The maximum Gasteiger partial charge on any atom is 0.370 e. The van der Waals surface area contributed by atoms with E-state index < -0.39 is 54.7 Å². The maximum absolute atomic E-state index is 12.6. The molecule has 1 aliphatic heterocycles. The molecule has 4 unspecified atom stereocenters. The molecule has 0 bridgehead atoms. The number of nitrogens with one attached hydrogen (secondary N) is 1. The fourth-order valence-corrected chi connectivity index (χ4v) is 3.26. The third-order valence-electron chi connectivity index (χ3n) is 4.99. The quantitative estimate of drug-likeness (QED) is 0.237. The van der Waals surface area contributed by atoms with E-state index in [0.29, 0.717) is 11.4 Å². The number of nitrogens with zero attached hydrogens (tertiary/aromatic N) is 3. The Morgan fingerprint density at radius 1 is 1.27 bits per heavy atom. The molecule has 1 aromatic heterocycles. The summed E-state index contributed by atoms with van der Waals surface area (Å²) in [5.74, 6) is -2.16. The van der Waals surface area contributed by atoms with E-state index in [1.807, 2.05) is 0 Å². The van der Waals surface area contributed by atoms with Crippen LogP contribution in [0.25, 0.3) is 11.3 Å². The molecule has 0 saturated heterocycles. The van der Waals surface area contributed by atoms with Crippen LogP contribution in [0.15, 0.2) is 42.3 Å². The highest BCUT2D eigenvalue weighted by atomic mass is 16.5. The third kappa shape index (κ3) is 5.64. The van der Waals surface area contributed by atoms with Gasteiger partial charge in [-0.15, -0.1) is 5.10 Å². The van der Waals surface area contributed by atoms with Crippen LogP contribution in [0.1, 0.15) is 0 Å². The lowest BCUT2D eigenvalue weighted by atomic mass is 9.94. The summed E-state index contributed by atoms with van der Waals surface area (Å²) < 4.78 is 11.5. The topological polar surface area (TPSA) is 196 Å². The Bertz CT molecular complexity index is 1010. The van der Waals surface area contributed by atoms with Crippen LogP contribution in [0.2, 0.25) is 0 Å². The van der Waals surface area contributed by atoms with Crippen molar-refractivity contribution in [2.75, 3.05) is 13.7 Å². The molecule has 13 heteroatoms. The monoisotopic (exact) mass is 464 g/mol. The lowest BCUT2D eigenvalue weighted by Gasteiger charge is -2.38. The summed E-state index contributed by atoms with van der Waals surface area (Å²) in [4.78, 5) is 23.8. The number of carboxylic acid groups (broad SMARTS) is 1. The number of methoxy groups -OCH3 is 1. The van der Waals surface area contributed by atoms with Crippen LogP contribution in [-0.2, 0) is 20.9 Å². The van der Waals surface area contributed by atoms with Crippen LogP contribution in [-0.4, -0.2) is 96.6 Å². The number of hydrogen-bond acceptors (Lipinski definition) is 10. The molecule has 0 saturated carbocycles. The van der Waals surface area contributed by atoms with Crippen molar-refractivity contribution in [3.8, 4) is 17.0 Å². The number of aliphatic hydroxyl groups is 4. The van der Waals surface area contributed by atoms with Crippen LogP contribution in [0.3, 0.4) is 0 Å². The van der Waals surface area contributed by atoms with Gasteiger partial charge in [0.05, 0.1) is 26.0 Å². The number of carbonyl (C=O) groups is 2. The summed E-state index contributed by atoms with van der Waals surface area (Å²) in [6.45, 7) is -1.16. The summed E-state index contributed by atoms with van der Waals surface area (Å²) in [6, 6.07) is 5.72. The van der Waals surface area contributed by atoms with Crippen LogP contribution in [0.5, 0.6) is 5.75 Å². The van der Waals surface area contributed by atoms with Crippen molar-refractivity contribution in [3.63, 3.8) is 0 Å². The Balaban J connectivity index is 1.72. The minimum Gasteiger partial charge on any atom is -0.497 e. The Labute approximate surface area is 187 Å². The minimum atomic E-state index is -1.80. The highest BCUT2D eigenvalue weighted by Crippen LogP contribution is 2.23. The van der Waals surface area contributed by atoms with E-state index in [0.717, 1.165) is 11.6 Å². The van der Waals surface area contributed by atoms with Crippen molar-refractivity contribution in [1.29, 1.82) is 0 Å². The number of aliphatic carboxylic acids is 1. The molecule has 1 amide bonds. The predicted molar refractivity (Wildman–Crippen MR) is 110 cm³/mol. The van der Waals surface area contributed by atoms with Gasteiger partial charge in [-0.25, -0.2) is 9.48 Å². The van der Waals surface area contributed by atoms with Crippen molar-refractivity contribution in [1.82, 2.24) is 20.3 Å². The fourth-order valence-electron chi connectivity index (χ4n) is 3.26. The van der Waals surface area contributed by atoms with Crippen molar-refractivity contribution < 1.29 is 44.6 Å². The predicted octanol–water partition coefficient (Wildman–Crippen LogP) is -2.12. The first-order valence-corrected chi connectivity index (χ1v) is 9.84. The van der Waals surface area contributed by atoms with Gasteiger partial charge in [-0.05, 0) is 30.3 Å². The van der Waals surface area contributed by atoms with Gasteiger partial charge in [0.1, 0.15) is 36.3 Å².